The summed E-state index contributed by atoms with van der Waals surface area (Å²) < 4.78 is 92.1. The summed E-state index contributed by atoms with van der Waals surface area (Å²) in [6.45, 7) is -0.254. The number of rotatable bonds is 4. The second kappa shape index (κ2) is 7.17. The summed E-state index contributed by atoms with van der Waals surface area (Å²) in [6, 6.07) is 4.29. The first kappa shape index (κ1) is 20.8. The number of anilines is 1. The minimum Gasteiger partial charge on any atom is -0.306 e. The van der Waals surface area contributed by atoms with Gasteiger partial charge < -0.3 is 5.32 Å². The Hall–Kier alpha value is -2.89. The van der Waals surface area contributed by atoms with Crippen molar-refractivity contribution in [3.8, 4) is 0 Å². The molecule has 0 radical (unpaired) electrons. The van der Waals surface area contributed by atoms with E-state index in [0.717, 1.165) is 11.1 Å². The summed E-state index contributed by atoms with van der Waals surface area (Å²) in [7, 11) is 0. The summed E-state index contributed by atoms with van der Waals surface area (Å²) in [5.41, 5.74) is -3.90. The highest BCUT2D eigenvalue weighted by Crippen LogP contribution is 2.53. The van der Waals surface area contributed by atoms with Crippen LogP contribution < -0.4 is 10.7 Å². The number of nitrogens with zero attached hydrogens (tertiary/aromatic N) is 2. The van der Waals surface area contributed by atoms with Gasteiger partial charge >= 0.3 is 24.1 Å². The zero-order chi connectivity index (χ0) is 21.4. The van der Waals surface area contributed by atoms with E-state index in [4.69, 9.17) is 0 Å². The van der Waals surface area contributed by atoms with Gasteiger partial charge in [0, 0.05) is 30.2 Å². The van der Waals surface area contributed by atoms with Crippen LogP contribution in [-0.4, -0.2) is 28.4 Å². The molecule has 156 valence electrons. The fourth-order valence-electron chi connectivity index (χ4n) is 2.79. The van der Waals surface area contributed by atoms with E-state index in [1.807, 2.05) is 0 Å². The Morgan fingerprint density at radius 1 is 1.07 bits per heavy atom. The van der Waals surface area contributed by atoms with Crippen molar-refractivity contribution in [3.63, 3.8) is 0 Å². The third-order valence-corrected chi connectivity index (χ3v) is 4.30. The van der Waals surface area contributed by atoms with Crippen molar-refractivity contribution in [2.24, 2.45) is 0 Å². The van der Waals surface area contributed by atoms with Crippen molar-refractivity contribution in [2.45, 2.75) is 31.1 Å². The Kier molecular flexibility index (Phi) is 5.15. The zero-order valence-corrected chi connectivity index (χ0v) is 14.4. The first-order valence-electron chi connectivity index (χ1n) is 8.10. The second-order valence-corrected chi connectivity index (χ2v) is 6.24. The van der Waals surface area contributed by atoms with Gasteiger partial charge in [0.25, 0.3) is 0 Å². The Bertz CT molecular complexity index is 885. The number of carbonyl (C=O) groups excluding carboxylic acids is 1. The van der Waals surface area contributed by atoms with Gasteiger partial charge in [0.1, 0.15) is 0 Å². The van der Waals surface area contributed by atoms with Gasteiger partial charge in [-0.3, -0.25) is 9.99 Å². The van der Waals surface area contributed by atoms with Gasteiger partial charge in [-0.2, -0.15) is 26.3 Å². The van der Waals surface area contributed by atoms with E-state index < -0.39 is 29.6 Å². The average molecular weight is 422 g/mol. The van der Waals surface area contributed by atoms with Crippen LogP contribution in [0.1, 0.15) is 16.7 Å². The number of urea groups is 1. The van der Waals surface area contributed by atoms with E-state index in [1.165, 1.54) is 12.4 Å². The quantitative estimate of drug-likeness (QED) is 0.718. The van der Waals surface area contributed by atoms with Crippen molar-refractivity contribution in [2.75, 3.05) is 5.32 Å². The van der Waals surface area contributed by atoms with E-state index >= 15 is 0 Å². The van der Waals surface area contributed by atoms with Crippen LogP contribution in [-0.2, 0) is 18.8 Å². The number of amides is 2. The first-order valence-corrected chi connectivity index (χ1v) is 8.10. The minimum atomic E-state index is -6.21. The highest BCUT2D eigenvalue weighted by atomic mass is 19.4. The standard InChI is InChI=1S/C17H13F7N4O/c18-15(16(19,20)21,17(22,23)24)12-3-4-13-11(6-12)9-28(14(29)27-13)26-8-10-2-1-5-25-7-10/h1-7,26H,8-9H2,(H,27,29). The summed E-state index contributed by atoms with van der Waals surface area (Å²) in [5.74, 6) is 0. The van der Waals surface area contributed by atoms with E-state index in [2.05, 4.69) is 15.7 Å². The molecular weight excluding hydrogens is 409 g/mol. The largest absolute Gasteiger partial charge is 0.435 e. The number of fused-ring (bicyclic) bond motifs is 1. The number of hydrogen-bond donors (Lipinski definition) is 2. The number of aromatic nitrogens is 1. The first-order chi connectivity index (χ1) is 13.4. The van der Waals surface area contributed by atoms with Gasteiger partial charge in [0.05, 0.1) is 6.54 Å². The fourth-order valence-corrected chi connectivity index (χ4v) is 2.79. The van der Waals surface area contributed by atoms with Crippen molar-refractivity contribution in [1.82, 2.24) is 15.4 Å². The molecule has 2 amide bonds. The Morgan fingerprint density at radius 3 is 2.34 bits per heavy atom. The van der Waals surface area contributed by atoms with E-state index in [9.17, 15) is 35.5 Å². The highest BCUT2D eigenvalue weighted by Gasteiger charge is 2.73. The molecule has 0 unspecified atom stereocenters. The summed E-state index contributed by atoms with van der Waals surface area (Å²) in [4.78, 5) is 16.0. The smallest absolute Gasteiger partial charge is 0.306 e. The third-order valence-electron chi connectivity index (χ3n) is 4.30. The molecule has 1 aliphatic rings. The van der Waals surface area contributed by atoms with Gasteiger partial charge in [0.15, 0.2) is 0 Å². The van der Waals surface area contributed by atoms with Crippen molar-refractivity contribution in [1.29, 1.82) is 0 Å². The molecule has 12 heteroatoms. The van der Waals surface area contributed by atoms with Crippen LogP contribution in [0, 0.1) is 0 Å². The van der Waals surface area contributed by atoms with Crippen LogP contribution in [0.5, 0.6) is 0 Å². The average Bonchev–Trinajstić information content (AvgIpc) is 2.64. The molecule has 2 aromatic rings. The molecule has 0 fully saturated rings. The van der Waals surface area contributed by atoms with Gasteiger partial charge in [-0.05, 0) is 29.3 Å². The van der Waals surface area contributed by atoms with Crippen molar-refractivity contribution >= 4 is 11.7 Å². The maximum atomic E-state index is 14.3. The number of hydrazine groups is 1. The van der Waals surface area contributed by atoms with E-state index in [-0.39, 0.29) is 24.3 Å². The molecule has 3 rings (SSSR count). The molecule has 5 nitrogen and oxygen atoms in total. The molecule has 0 aliphatic carbocycles. The number of halogens is 7. The van der Waals surface area contributed by atoms with Gasteiger partial charge in [-0.15, -0.1) is 0 Å². The number of alkyl halides is 7. The molecule has 0 atom stereocenters. The molecule has 0 saturated carbocycles. The Morgan fingerprint density at radius 2 is 1.76 bits per heavy atom. The summed E-state index contributed by atoms with van der Waals surface area (Å²) in [6.07, 6.45) is -9.39. The molecule has 1 aromatic carbocycles. The fraction of sp³-hybridized carbons (Fsp3) is 0.294. The molecule has 1 aliphatic heterocycles. The van der Waals surface area contributed by atoms with Crippen molar-refractivity contribution < 1.29 is 35.5 Å². The van der Waals surface area contributed by atoms with Gasteiger partial charge in [-0.1, -0.05) is 12.1 Å². The zero-order valence-electron chi connectivity index (χ0n) is 14.4. The lowest BCUT2D eigenvalue weighted by Crippen LogP contribution is -2.51. The second-order valence-electron chi connectivity index (χ2n) is 6.24. The molecule has 0 saturated heterocycles. The lowest BCUT2D eigenvalue weighted by atomic mass is 9.91. The molecule has 0 spiro atoms. The molecule has 29 heavy (non-hydrogen) atoms. The van der Waals surface area contributed by atoms with Gasteiger partial charge in [0.2, 0.25) is 0 Å². The summed E-state index contributed by atoms with van der Waals surface area (Å²) >= 11 is 0. The third kappa shape index (κ3) is 3.84. The van der Waals surface area contributed by atoms with Gasteiger partial charge in [-0.25, -0.2) is 14.6 Å². The maximum absolute atomic E-state index is 14.3. The molecular formula is C17H13F7N4O. The maximum Gasteiger partial charge on any atom is 0.435 e. The number of nitrogens with one attached hydrogen (secondary N) is 2. The van der Waals surface area contributed by atoms with Crippen LogP contribution in [0.25, 0.3) is 0 Å². The number of benzene rings is 1. The lowest BCUT2D eigenvalue weighted by Gasteiger charge is -2.33. The van der Waals surface area contributed by atoms with Crippen molar-refractivity contribution in [3.05, 3.63) is 59.4 Å². The topological polar surface area (TPSA) is 57.3 Å². The summed E-state index contributed by atoms with van der Waals surface area (Å²) in [5, 5.41) is 3.28. The van der Waals surface area contributed by atoms with Crippen LogP contribution in [0.15, 0.2) is 42.7 Å². The van der Waals surface area contributed by atoms with E-state index in [0.29, 0.717) is 17.7 Å². The SMILES string of the molecule is O=C1Nc2ccc(C(F)(C(F)(F)F)C(F)(F)F)cc2CN1NCc1cccnc1. The van der Waals surface area contributed by atoms with E-state index in [1.54, 1.807) is 12.1 Å². The number of hydrogen-bond acceptors (Lipinski definition) is 3. The molecule has 2 N–H and O–H groups in total. The van der Waals surface area contributed by atoms with Crippen LogP contribution in [0.4, 0.5) is 41.2 Å². The number of pyridine rings is 1. The molecule has 2 heterocycles. The monoisotopic (exact) mass is 422 g/mol. The predicted molar refractivity (Wildman–Crippen MR) is 87.0 cm³/mol. The molecule has 1 aromatic heterocycles. The highest BCUT2D eigenvalue weighted by molar-refractivity contribution is 5.92. The molecule has 0 bridgehead atoms. The lowest BCUT2D eigenvalue weighted by molar-refractivity contribution is -0.348. The Labute approximate surface area is 159 Å². The Balaban J connectivity index is 1.88. The minimum absolute atomic E-state index is 0.00937. The number of carbonyl (C=O) groups is 1. The van der Waals surface area contributed by atoms with Crippen LogP contribution in [0.3, 0.4) is 0 Å². The van der Waals surface area contributed by atoms with Crippen LogP contribution in [0.2, 0.25) is 0 Å². The van der Waals surface area contributed by atoms with Crippen LogP contribution >= 0.6 is 0 Å². The predicted octanol–water partition coefficient (Wildman–Crippen LogP) is 4.42. The normalized spacial score (nSPS) is 15.1.